The summed E-state index contributed by atoms with van der Waals surface area (Å²) in [4.78, 5) is 14.9. The van der Waals surface area contributed by atoms with Crippen molar-refractivity contribution in [1.29, 1.82) is 0 Å². The molecule has 1 rings (SSSR count). The number of carboxylic acid groups (broad SMARTS) is 1. The summed E-state index contributed by atoms with van der Waals surface area (Å²) >= 11 is 0. The van der Waals surface area contributed by atoms with Crippen molar-refractivity contribution in [2.24, 2.45) is 12.2 Å². The molecule has 0 bridgehead atoms. The third kappa shape index (κ3) is 2.59. The second-order valence-corrected chi connectivity index (χ2v) is 3.51. The summed E-state index contributed by atoms with van der Waals surface area (Å²) in [5.74, 6) is -1.05. The fourth-order valence-electron chi connectivity index (χ4n) is 1.53. The van der Waals surface area contributed by atoms with Gasteiger partial charge in [0, 0.05) is 18.3 Å². The first-order valence-electron chi connectivity index (χ1n) is 4.82. The largest absolute Gasteiger partial charge is 0.479 e. The maximum absolute atomic E-state index is 10.2. The molecule has 1 aromatic rings. The Balaban J connectivity index is 2.87. The van der Waals surface area contributed by atoms with E-state index in [1.807, 2.05) is 20.9 Å². The number of hydrogen-bond acceptors (Lipinski definition) is 4. The highest BCUT2D eigenvalue weighted by atomic mass is 16.6. The Morgan fingerprint density at radius 1 is 1.56 bits per heavy atom. The van der Waals surface area contributed by atoms with E-state index >= 15 is 0 Å². The Kier molecular flexibility index (Phi) is 3.65. The van der Waals surface area contributed by atoms with E-state index in [4.69, 9.17) is 5.11 Å². The number of aryl methyl sites for hydroxylation is 2. The molecule has 0 atom stereocenters. The molecule has 0 aromatic carbocycles. The van der Waals surface area contributed by atoms with Crippen LogP contribution >= 0.6 is 0 Å². The van der Waals surface area contributed by atoms with Crippen LogP contribution in [0.15, 0.2) is 5.16 Å². The smallest absolute Gasteiger partial charge is 0.344 e. The van der Waals surface area contributed by atoms with Crippen LogP contribution in [0.2, 0.25) is 0 Å². The maximum Gasteiger partial charge on any atom is 0.344 e. The van der Waals surface area contributed by atoms with Crippen molar-refractivity contribution < 1.29 is 14.7 Å². The quantitative estimate of drug-likeness (QED) is 0.609. The third-order valence-corrected chi connectivity index (χ3v) is 2.26. The summed E-state index contributed by atoms with van der Waals surface area (Å²) in [5, 5.41) is 16.4. The molecule has 6 nitrogen and oxygen atoms in total. The van der Waals surface area contributed by atoms with Gasteiger partial charge in [-0.15, -0.1) is 0 Å². The van der Waals surface area contributed by atoms with Crippen LogP contribution in [0.5, 0.6) is 0 Å². The fraction of sp³-hybridized carbons (Fsp3) is 0.500. The summed E-state index contributed by atoms with van der Waals surface area (Å²) in [6.45, 7) is 5.12. The molecular weight excluding hydrogens is 210 g/mol. The molecule has 88 valence electrons. The van der Waals surface area contributed by atoms with Gasteiger partial charge in [-0.05, 0) is 20.8 Å². The van der Waals surface area contributed by atoms with Gasteiger partial charge in [0.15, 0.2) is 0 Å². The van der Waals surface area contributed by atoms with Crippen molar-refractivity contribution in [3.05, 3.63) is 17.0 Å². The van der Waals surface area contributed by atoms with Crippen molar-refractivity contribution in [3.63, 3.8) is 0 Å². The summed E-state index contributed by atoms with van der Waals surface area (Å²) in [6, 6.07) is 0. The molecule has 1 aromatic heterocycles. The average Bonchev–Trinajstić information content (AvgIpc) is 2.40. The third-order valence-electron chi connectivity index (χ3n) is 2.26. The van der Waals surface area contributed by atoms with Gasteiger partial charge < -0.3 is 9.94 Å². The zero-order valence-electron chi connectivity index (χ0n) is 9.81. The molecule has 16 heavy (non-hydrogen) atoms. The van der Waals surface area contributed by atoms with Gasteiger partial charge in [-0.3, -0.25) is 4.68 Å². The minimum Gasteiger partial charge on any atom is -0.479 e. The van der Waals surface area contributed by atoms with Crippen LogP contribution in [-0.2, 0) is 16.7 Å². The predicted octanol–water partition coefficient (Wildman–Crippen LogP) is 0.862. The van der Waals surface area contributed by atoms with Gasteiger partial charge in [0.05, 0.1) is 11.4 Å². The molecule has 1 heterocycles. The van der Waals surface area contributed by atoms with Gasteiger partial charge in [0.2, 0.25) is 6.61 Å². The van der Waals surface area contributed by atoms with E-state index in [2.05, 4.69) is 15.1 Å². The SMILES string of the molecule is CC(=NOCC(=O)O)c1c(C)nn(C)c1C. The highest BCUT2D eigenvalue weighted by Crippen LogP contribution is 2.13. The Labute approximate surface area is 93.5 Å². The molecule has 6 heteroatoms. The zero-order valence-corrected chi connectivity index (χ0v) is 9.81. The normalized spacial score (nSPS) is 11.6. The highest BCUT2D eigenvalue weighted by Gasteiger charge is 2.12. The molecule has 0 radical (unpaired) electrons. The van der Waals surface area contributed by atoms with Crippen LogP contribution in [0, 0.1) is 13.8 Å². The first-order valence-corrected chi connectivity index (χ1v) is 4.82. The number of oxime groups is 1. The Morgan fingerprint density at radius 2 is 2.19 bits per heavy atom. The second kappa shape index (κ2) is 4.78. The molecule has 0 aliphatic heterocycles. The molecule has 0 amide bonds. The number of rotatable bonds is 4. The van der Waals surface area contributed by atoms with Gasteiger partial charge in [-0.2, -0.15) is 5.10 Å². The van der Waals surface area contributed by atoms with Gasteiger partial charge in [-0.25, -0.2) is 4.79 Å². The van der Waals surface area contributed by atoms with Gasteiger partial charge >= 0.3 is 5.97 Å². The maximum atomic E-state index is 10.2. The van der Waals surface area contributed by atoms with Crippen LogP contribution in [0.1, 0.15) is 23.9 Å². The number of aromatic nitrogens is 2. The fourth-order valence-corrected chi connectivity index (χ4v) is 1.53. The van der Waals surface area contributed by atoms with E-state index in [0.29, 0.717) is 5.71 Å². The molecule has 0 fully saturated rings. The second-order valence-electron chi connectivity index (χ2n) is 3.51. The molecule has 0 saturated carbocycles. The molecule has 1 N–H and O–H groups in total. The van der Waals surface area contributed by atoms with E-state index in [1.165, 1.54) is 0 Å². The van der Waals surface area contributed by atoms with E-state index < -0.39 is 12.6 Å². The topological polar surface area (TPSA) is 76.7 Å². The van der Waals surface area contributed by atoms with Crippen LogP contribution in [0.4, 0.5) is 0 Å². The monoisotopic (exact) mass is 225 g/mol. The Bertz CT molecular complexity index is 435. The van der Waals surface area contributed by atoms with E-state index in [9.17, 15) is 4.79 Å². The van der Waals surface area contributed by atoms with Crippen molar-refractivity contribution in [2.75, 3.05) is 6.61 Å². The molecule has 0 spiro atoms. The summed E-state index contributed by atoms with van der Waals surface area (Å²) in [6.07, 6.45) is 0. The van der Waals surface area contributed by atoms with Crippen molar-refractivity contribution >= 4 is 11.7 Å². The lowest BCUT2D eigenvalue weighted by Gasteiger charge is -2.01. The summed E-state index contributed by atoms with van der Waals surface area (Å²) in [7, 11) is 1.84. The van der Waals surface area contributed by atoms with Gasteiger partial charge in [-0.1, -0.05) is 5.16 Å². The van der Waals surface area contributed by atoms with Crippen molar-refractivity contribution in [1.82, 2.24) is 9.78 Å². The van der Waals surface area contributed by atoms with Gasteiger partial charge in [0.25, 0.3) is 0 Å². The lowest BCUT2D eigenvalue weighted by molar-refractivity contribution is -0.142. The zero-order chi connectivity index (χ0) is 12.3. The molecule has 0 aliphatic carbocycles. The molecular formula is C10H15N3O3. The van der Waals surface area contributed by atoms with Crippen molar-refractivity contribution in [2.45, 2.75) is 20.8 Å². The molecule has 0 unspecified atom stereocenters. The summed E-state index contributed by atoms with van der Waals surface area (Å²) in [5.41, 5.74) is 3.34. The van der Waals surface area contributed by atoms with Crippen LogP contribution < -0.4 is 0 Å². The molecule has 0 aliphatic rings. The number of carboxylic acids is 1. The van der Waals surface area contributed by atoms with Crippen molar-refractivity contribution in [3.8, 4) is 0 Å². The van der Waals surface area contributed by atoms with Gasteiger partial charge in [0.1, 0.15) is 0 Å². The lowest BCUT2D eigenvalue weighted by atomic mass is 10.1. The van der Waals surface area contributed by atoms with Crippen LogP contribution in [-0.4, -0.2) is 33.2 Å². The average molecular weight is 225 g/mol. The number of hydrogen-bond donors (Lipinski definition) is 1. The number of aliphatic carboxylic acids is 1. The first kappa shape index (κ1) is 12.2. The standard InChI is InChI=1S/C10H15N3O3/c1-6-10(8(3)13(4)11-6)7(2)12-16-5-9(14)15/h5H2,1-4H3,(H,14,15). The highest BCUT2D eigenvalue weighted by molar-refractivity contribution is 6.00. The first-order chi connectivity index (χ1) is 7.43. The Morgan fingerprint density at radius 3 is 2.62 bits per heavy atom. The molecule has 0 saturated heterocycles. The van der Waals surface area contributed by atoms with Crippen LogP contribution in [0.3, 0.4) is 0 Å². The Hall–Kier alpha value is -1.85. The number of carbonyl (C=O) groups is 1. The minimum atomic E-state index is -1.05. The number of nitrogens with zero attached hydrogens (tertiary/aromatic N) is 3. The predicted molar refractivity (Wildman–Crippen MR) is 58.5 cm³/mol. The van der Waals surface area contributed by atoms with Crippen LogP contribution in [0.25, 0.3) is 0 Å². The van der Waals surface area contributed by atoms with E-state index in [-0.39, 0.29) is 0 Å². The van der Waals surface area contributed by atoms with E-state index in [0.717, 1.165) is 17.0 Å². The summed E-state index contributed by atoms with van der Waals surface area (Å²) < 4.78 is 1.75. The van der Waals surface area contributed by atoms with E-state index in [1.54, 1.807) is 11.6 Å². The lowest BCUT2D eigenvalue weighted by Crippen LogP contribution is -2.06. The minimum absolute atomic E-state index is 0.435.